The monoisotopic (exact) mass is 385 g/mol. The molecule has 1 atom stereocenters. The van der Waals surface area contributed by atoms with Gasteiger partial charge in [0.1, 0.15) is 6.04 Å². The van der Waals surface area contributed by atoms with Crippen LogP contribution in [0.25, 0.3) is 0 Å². The Labute approximate surface area is 165 Å². The van der Waals surface area contributed by atoms with Gasteiger partial charge in [-0.2, -0.15) is 0 Å². The molecule has 0 spiro atoms. The highest BCUT2D eigenvalue weighted by Gasteiger charge is 2.20. The average molecular weight is 385 g/mol. The zero-order valence-electron chi connectivity index (χ0n) is 16.6. The molecule has 28 heavy (non-hydrogen) atoms. The van der Waals surface area contributed by atoms with E-state index in [-0.39, 0.29) is 0 Å². The quantitative estimate of drug-likeness (QED) is 0.691. The van der Waals surface area contributed by atoms with Crippen LogP contribution in [0.1, 0.15) is 28.7 Å². The molecule has 3 rings (SSSR count). The number of carboxylic acid groups (broad SMARTS) is 1. The number of benzene rings is 2. The standard InChI is InChI=1S/C22H27NO5/c1-26-19-11-15(12-20(27-2)21(19)28-3)13-23-18(22(24)25)10-14-7-8-16-5-4-6-17(16)9-14/h7-9,11-12,18,23H,4-6,10,13H2,1-3H3,(H,24,25)/t18-/m0/s1. The molecule has 0 unspecified atom stereocenters. The number of ether oxygens (including phenoxy) is 3. The van der Waals surface area contributed by atoms with Gasteiger partial charge in [0.15, 0.2) is 11.5 Å². The highest BCUT2D eigenvalue weighted by Crippen LogP contribution is 2.38. The lowest BCUT2D eigenvalue weighted by atomic mass is 10.0. The zero-order valence-corrected chi connectivity index (χ0v) is 16.6. The van der Waals surface area contributed by atoms with Crippen LogP contribution in [0.5, 0.6) is 17.2 Å². The molecular weight excluding hydrogens is 358 g/mol. The fraction of sp³-hybridized carbons (Fsp3) is 0.409. The van der Waals surface area contributed by atoms with Gasteiger partial charge in [0.2, 0.25) is 5.75 Å². The third-order valence-corrected chi connectivity index (χ3v) is 5.18. The lowest BCUT2D eigenvalue weighted by molar-refractivity contribution is -0.139. The smallest absolute Gasteiger partial charge is 0.321 e. The summed E-state index contributed by atoms with van der Waals surface area (Å²) in [6.45, 7) is 0.374. The second-order valence-electron chi connectivity index (χ2n) is 6.97. The van der Waals surface area contributed by atoms with Crippen LogP contribution in [0.3, 0.4) is 0 Å². The number of aryl methyl sites for hydroxylation is 2. The van der Waals surface area contributed by atoms with Crippen LogP contribution in [-0.2, 0) is 30.6 Å². The van der Waals surface area contributed by atoms with E-state index in [1.54, 1.807) is 21.3 Å². The van der Waals surface area contributed by atoms with Crippen molar-refractivity contribution < 1.29 is 24.1 Å². The summed E-state index contributed by atoms with van der Waals surface area (Å²) >= 11 is 0. The Morgan fingerprint density at radius 2 is 1.68 bits per heavy atom. The van der Waals surface area contributed by atoms with E-state index in [0.717, 1.165) is 24.0 Å². The Morgan fingerprint density at radius 1 is 1.00 bits per heavy atom. The number of methoxy groups -OCH3 is 3. The van der Waals surface area contributed by atoms with Gasteiger partial charge in [-0.1, -0.05) is 18.2 Å². The van der Waals surface area contributed by atoms with E-state index in [0.29, 0.717) is 30.2 Å². The number of hydrogen-bond acceptors (Lipinski definition) is 5. The summed E-state index contributed by atoms with van der Waals surface area (Å²) in [6, 6.07) is 9.29. The number of aliphatic carboxylic acids is 1. The van der Waals surface area contributed by atoms with Crippen molar-refractivity contribution in [1.29, 1.82) is 0 Å². The van der Waals surface area contributed by atoms with Crippen LogP contribution in [0, 0.1) is 0 Å². The van der Waals surface area contributed by atoms with Crippen molar-refractivity contribution in [3.8, 4) is 17.2 Å². The van der Waals surface area contributed by atoms with E-state index < -0.39 is 12.0 Å². The number of carbonyl (C=O) groups is 1. The van der Waals surface area contributed by atoms with Gasteiger partial charge in [-0.15, -0.1) is 0 Å². The highest BCUT2D eigenvalue weighted by atomic mass is 16.5. The molecule has 0 saturated carbocycles. The number of hydrogen-bond donors (Lipinski definition) is 2. The molecule has 6 heteroatoms. The minimum absolute atomic E-state index is 0.374. The van der Waals surface area contributed by atoms with Gasteiger partial charge in [-0.05, 0) is 60.1 Å². The van der Waals surface area contributed by atoms with Crippen LogP contribution in [0.15, 0.2) is 30.3 Å². The topological polar surface area (TPSA) is 77.0 Å². The Kier molecular flexibility index (Phi) is 6.41. The van der Waals surface area contributed by atoms with Gasteiger partial charge in [0.05, 0.1) is 21.3 Å². The Morgan fingerprint density at radius 3 is 2.29 bits per heavy atom. The molecule has 0 amide bonds. The van der Waals surface area contributed by atoms with E-state index in [1.807, 2.05) is 18.2 Å². The van der Waals surface area contributed by atoms with Crippen LogP contribution in [0.2, 0.25) is 0 Å². The maximum Gasteiger partial charge on any atom is 0.321 e. The maximum atomic E-state index is 11.8. The third-order valence-electron chi connectivity index (χ3n) is 5.18. The SMILES string of the molecule is COc1cc(CN[C@@H](Cc2ccc3c(c2)CCC3)C(=O)O)cc(OC)c1OC. The molecule has 1 aliphatic carbocycles. The predicted molar refractivity (Wildman–Crippen MR) is 107 cm³/mol. The number of carboxylic acids is 1. The summed E-state index contributed by atoms with van der Waals surface area (Å²) in [5, 5.41) is 12.8. The van der Waals surface area contributed by atoms with Crippen molar-refractivity contribution in [2.45, 2.75) is 38.3 Å². The second-order valence-corrected chi connectivity index (χ2v) is 6.97. The van der Waals surface area contributed by atoms with Crippen LogP contribution < -0.4 is 19.5 Å². The summed E-state index contributed by atoms with van der Waals surface area (Å²) in [6.07, 6.45) is 3.82. The van der Waals surface area contributed by atoms with Crippen LogP contribution in [0.4, 0.5) is 0 Å². The zero-order chi connectivity index (χ0) is 20.1. The van der Waals surface area contributed by atoms with Crippen molar-refractivity contribution in [2.75, 3.05) is 21.3 Å². The van der Waals surface area contributed by atoms with Crippen molar-refractivity contribution >= 4 is 5.97 Å². The molecule has 0 bridgehead atoms. The highest BCUT2D eigenvalue weighted by molar-refractivity contribution is 5.74. The molecule has 6 nitrogen and oxygen atoms in total. The molecule has 2 N–H and O–H groups in total. The summed E-state index contributed by atoms with van der Waals surface area (Å²) in [4.78, 5) is 11.8. The molecule has 1 aliphatic rings. The van der Waals surface area contributed by atoms with Crippen LogP contribution in [-0.4, -0.2) is 38.4 Å². The van der Waals surface area contributed by atoms with Crippen molar-refractivity contribution in [2.24, 2.45) is 0 Å². The van der Waals surface area contributed by atoms with Crippen molar-refractivity contribution in [1.82, 2.24) is 5.32 Å². The first kappa shape index (κ1) is 20.0. The molecule has 2 aromatic rings. The van der Waals surface area contributed by atoms with E-state index in [1.165, 1.54) is 17.5 Å². The lowest BCUT2D eigenvalue weighted by Gasteiger charge is -2.17. The molecule has 2 aromatic carbocycles. The number of fused-ring (bicyclic) bond motifs is 1. The molecule has 0 saturated heterocycles. The van der Waals surface area contributed by atoms with Crippen molar-refractivity contribution in [3.63, 3.8) is 0 Å². The fourth-order valence-electron chi connectivity index (χ4n) is 3.71. The Balaban J connectivity index is 1.72. The Hall–Kier alpha value is -2.73. The molecule has 150 valence electrons. The normalized spacial score (nSPS) is 13.7. The minimum Gasteiger partial charge on any atom is -0.493 e. The van der Waals surface area contributed by atoms with E-state index in [4.69, 9.17) is 14.2 Å². The van der Waals surface area contributed by atoms with Crippen LogP contribution >= 0.6 is 0 Å². The number of rotatable bonds is 9. The van der Waals surface area contributed by atoms with Crippen molar-refractivity contribution in [3.05, 3.63) is 52.6 Å². The van der Waals surface area contributed by atoms with Gasteiger partial charge < -0.3 is 24.6 Å². The Bertz CT molecular complexity index is 824. The summed E-state index contributed by atoms with van der Waals surface area (Å²) in [7, 11) is 4.67. The average Bonchev–Trinajstić information content (AvgIpc) is 3.17. The first-order valence-corrected chi connectivity index (χ1v) is 9.41. The molecule has 0 fully saturated rings. The maximum absolute atomic E-state index is 11.8. The van der Waals surface area contributed by atoms with E-state index in [2.05, 4.69) is 17.4 Å². The molecule has 0 radical (unpaired) electrons. The van der Waals surface area contributed by atoms with Gasteiger partial charge in [-0.25, -0.2) is 0 Å². The van der Waals surface area contributed by atoms with Gasteiger partial charge in [0, 0.05) is 6.54 Å². The first-order valence-electron chi connectivity index (χ1n) is 9.41. The fourth-order valence-corrected chi connectivity index (χ4v) is 3.71. The third kappa shape index (κ3) is 4.39. The van der Waals surface area contributed by atoms with Gasteiger partial charge in [-0.3, -0.25) is 4.79 Å². The van der Waals surface area contributed by atoms with Gasteiger partial charge in [0.25, 0.3) is 0 Å². The summed E-state index contributed by atoms with van der Waals surface area (Å²) in [5.74, 6) is 0.739. The number of nitrogens with one attached hydrogen (secondary N) is 1. The summed E-state index contributed by atoms with van der Waals surface area (Å²) in [5.41, 5.74) is 4.65. The van der Waals surface area contributed by atoms with E-state index in [9.17, 15) is 9.90 Å². The molecular formula is C22H27NO5. The molecule has 0 aromatic heterocycles. The van der Waals surface area contributed by atoms with E-state index >= 15 is 0 Å². The minimum atomic E-state index is -0.868. The second kappa shape index (κ2) is 8.97. The first-order chi connectivity index (χ1) is 13.5. The molecule has 0 aliphatic heterocycles. The molecule has 0 heterocycles. The largest absolute Gasteiger partial charge is 0.493 e. The predicted octanol–water partition coefficient (Wildman–Crippen LogP) is 2.99. The van der Waals surface area contributed by atoms with Gasteiger partial charge >= 0.3 is 5.97 Å². The lowest BCUT2D eigenvalue weighted by Crippen LogP contribution is -2.38. The summed E-state index contributed by atoms with van der Waals surface area (Å²) < 4.78 is 16.1.